The van der Waals surface area contributed by atoms with Crippen LogP contribution in [0.2, 0.25) is 0 Å². The predicted octanol–water partition coefficient (Wildman–Crippen LogP) is 2.12. The summed E-state index contributed by atoms with van der Waals surface area (Å²) in [6, 6.07) is 4.90. The lowest BCUT2D eigenvalue weighted by atomic mass is 10.2. The zero-order valence-corrected chi connectivity index (χ0v) is 11.5. The molecule has 1 aromatic carbocycles. The molecule has 1 atom stereocenters. The second-order valence-corrected chi connectivity index (χ2v) is 4.20. The molecule has 106 valence electrons. The lowest BCUT2D eigenvalue weighted by Crippen LogP contribution is -2.17. The minimum absolute atomic E-state index is 0.0245. The summed E-state index contributed by atoms with van der Waals surface area (Å²) >= 11 is 0. The van der Waals surface area contributed by atoms with E-state index in [0.29, 0.717) is 6.54 Å². The highest BCUT2D eigenvalue weighted by atomic mass is 16.6. The van der Waals surface area contributed by atoms with Crippen LogP contribution >= 0.6 is 0 Å². The van der Waals surface area contributed by atoms with E-state index in [1.54, 1.807) is 19.2 Å². The number of hydrogen-bond donors (Lipinski definition) is 1. The van der Waals surface area contributed by atoms with Crippen molar-refractivity contribution in [3.8, 4) is 5.75 Å². The molecular formula is C13H20N2O4. The maximum absolute atomic E-state index is 10.9. The normalized spacial score (nSPS) is 12.2. The summed E-state index contributed by atoms with van der Waals surface area (Å²) in [4.78, 5) is 10.5. The van der Waals surface area contributed by atoms with E-state index in [0.717, 1.165) is 12.1 Å². The number of nitro benzene ring substituents is 1. The summed E-state index contributed by atoms with van der Waals surface area (Å²) in [5.74, 6) is 0.282. The first-order chi connectivity index (χ1) is 9.08. The van der Waals surface area contributed by atoms with Crippen molar-refractivity contribution in [3.05, 3.63) is 33.9 Å². The van der Waals surface area contributed by atoms with E-state index in [1.165, 1.54) is 6.07 Å². The predicted molar refractivity (Wildman–Crippen MR) is 72.4 cm³/mol. The lowest BCUT2D eigenvalue weighted by molar-refractivity contribution is -0.385. The third-order valence-corrected chi connectivity index (χ3v) is 2.68. The fourth-order valence-corrected chi connectivity index (χ4v) is 1.48. The van der Waals surface area contributed by atoms with E-state index in [1.807, 2.05) is 13.8 Å². The molecule has 1 N–H and O–H groups in total. The minimum atomic E-state index is -0.441. The van der Waals surface area contributed by atoms with Crippen LogP contribution in [0, 0.1) is 10.1 Å². The molecule has 0 heterocycles. The Labute approximate surface area is 112 Å². The van der Waals surface area contributed by atoms with Crippen LogP contribution in [0.25, 0.3) is 0 Å². The second-order valence-electron chi connectivity index (χ2n) is 4.20. The van der Waals surface area contributed by atoms with Gasteiger partial charge in [0.05, 0.1) is 11.0 Å². The fourth-order valence-electron chi connectivity index (χ4n) is 1.48. The van der Waals surface area contributed by atoms with Crippen LogP contribution in [-0.2, 0) is 11.3 Å². The number of methoxy groups -OCH3 is 1. The summed E-state index contributed by atoms with van der Waals surface area (Å²) in [7, 11) is 1.57. The third-order valence-electron chi connectivity index (χ3n) is 2.68. The van der Waals surface area contributed by atoms with Gasteiger partial charge in [-0.25, -0.2) is 0 Å². The van der Waals surface area contributed by atoms with Gasteiger partial charge in [0.25, 0.3) is 0 Å². The molecule has 0 fully saturated rings. The van der Waals surface area contributed by atoms with Crippen molar-refractivity contribution < 1.29 is 14.4 Å². The molecule has 0 amide bonds. The number of nitrogens with zero attached hydrogens (tertiary/aromatic N) is 1. The summed E-state index contributed by atoms with van der Waals surface area (Å²) in [5, 5.41) is 14.1. The topological polar surface area (TPSA) is 73.6 Å². The highest BCUT2D eigenvalue weighted by molar-refractivity contribution is 5.48. The lowest BCUT2D eigenvalue weighted by Gasteiger charge is -2.12. The fraction of sp³-hybridized carbons (Fsp3) is 0.538. The molecular weight excluding hydrogens is 248 g/mol. The Morgan fingerprint density at radius 3 is 2.79 bits per heavy atom. The van der Waals surface area contributed by atoms with Crippen LogP contribution in [0.15, 0.2) is 18.2 Å². The summed E-state index contributed by atoms with van der Waals surface area (Å²) < 4.78 is 10.5. The Morgan fingerprint density at radius 2 is 2.21 bits per heavy atom. The molecule has 1 rings (SSSR count). The van der Waals surface area contributed by atoms with E-state index in [-0.39, 0.29) is 24.1 Å². The van der Waals surface area contributed by atoms with Gasteiger partial charge in [0.15, 0.2) is 5.75 Å². The molecule has 6 nitrogen and oxygen atoms in total. The van der Waals surface area contributed by atoms with Crippen molar-refractivity contribution in [1.29, 1.82) is 0 Å². The minimum Gasteiger partial charge on any atom is -0.484 e. The zero-order chi connectivity index (χ0) is 14.3. The number of benzene rings is 1. The van der Waals surface area contributed by atoms with Crippen LogP contribution < -0.4 is 10.1 Å². The van der Waals surface area contributed by atoms with E-state index >= 15 is 0 Å². The molecule has 1 unspecified atom stereocenters. The van der Waals surface area contributed by atoms with Gasteiger partial charge in [0, 0.05) is 19.7 Å². The van der Waals surface area contributed by atoms with E-state index in [4.69, 9.17) is 9.47 Å². The smallest absolute Gasteiger partial charge is 0.310 e. The largest absolute Gasteiger partial charge is 0.484 e. The molecule has 0 saturated carbocycles. The molecule has 0 bridgehead atoms. The van der Waals surface area contributed by atoms with Gasteiger partial charge in [0.1, 0.15) is 6.61 Å². The Kier molecular flexibility index (Phi) is 6.24. The average Bonchev–Trinajstić information content (AvgIpc) is 2.42. The maximum Gasteiger partial charge on any atom is 0.310 e. The van der Waals surface area contributed by atoms with E-state index in [2.05, 4.69) is 5.32 Å². The monoisotopic (exact) mass is 268 g/mol. The number of nitro groups is 1. The average molecular weight is 268 g/mol. The molecule has 0 aliphatic rings. The van der Waals surface area contributed by atoms with Crippen molar-refractivity contribution in [1.82, 2.24) is 5.32 Å². The molecule has 0 saturated heterocycles. The molecule has 0 aromatic heterocycles. The third kappa shape index (κ3) is 4.84. The first-order valence-corrected chi connectivity index (χ1v) is 6.22. The van der Waals surface area contributed by atoms with Gasteiger partial charge in [-0.1, -0.05) is 13.0 Å². The molecule has 6 heteroatoms. The van der Waals surface area contributed by atoms with Gasteiger partial charge in [-0.2, -0.15) is 0 Å². The number of nitrogens with one attached hydrogen (secondary N) is 1. The number of rotatable bonds is 8. The van der Waals surface area contributed by atoms with Crippen molar-refractivity contribution in [2.24, 2.45) is 0 Å². The first-order valence-electron chi connectivity index (χ1n) is 6.22. The van der Waals surface area contributed by atoms with Crippen LogP contribution in [0.4, 0.5) is 5.69 Å². The van der Waals surface area contributed by atoms with Gasteiger partial charge in [-0.05, 0) is 25.1 Å². The quantitative estimate of drug-likeness (QED) is 0.577. The second kappa shape index (κ2) is 7.70. The van der Waals surface area contributed by atoms with Crippen LogP contribution in [-0.4, -0.2) is 31.3 Å². The Bertz CT molecular complexity index is 423. The van der Waals surface area contributed by atoms with Crippen LogP contribution in [0.1, 0.15) is 19.4 Å². The maximum atomic E-state index is 10.9. The van der Waals surface area contributed by atoms with Crippen molar-refractivity contribution in [2.45, 2.75) is 26.5 Å². The summed E-state index contributed by atoms with van der Waals surface area (Å²) in [6.07, 6.45) is -0.114. The summed E-state index contributed by atoms with van der Waals surface area (Å²) in [6.45, 7) is 5.62. The SMILES string of the molecule is CCNCc1ccc([N+](=O)[O-])c(OCC(C)OC)c1. The molecule has 19 heavy (non-hydrogen) atoms. The van der Waals surface area contributed by atoms with Gasteiger partial charge < -0.3 is 14.8 Å². The first kappa shape index (κ1) is 15.4. The molecule has 0 spiro atoms. The molecule has 0 aliphatic heterocycles. The zero-order valence-electron chi connectivity index (χ0n) is 11.5. The highest BCUT2D eigenvalue weighted by Crippen LogP contribution is 2.28. The van der Waals surface area contributed by atoms with Gasteiger partial charge >= 0.3 is 5.69 Å². The van der Waals surface area contributed by atoms with Crippen LogP contribution in [0.5, 0.6) is 5.75 Å². The van der Waals surface area contributed by atoms with Crippen molar-refractivity contribution in [2.75, 3.05) is 20.3 Å². The molecule has 0 aliphatic carbocycles. The standard InChI is InChI=1S/C13H20N2O4/c1-4-14-8-11-5-6-12(15(16)17)13(7-11)19-9-10(2)18-3/h5-7,10,14H,4,8-9H2,1-3H3. The highest BCUT2D eigenvalue weighted by Gasteiger charge is 2.16. The van der Waals surface area contributed by atoms with Gasteiger partial charge in [-0.15, -0.1) is 0 Å². The Hall–Kier alpha value is -1.66. The molecule has 0 radical (unpaired) electrons. The van der Waals surface area contributed by atoms with E-state index < -0.39 is 4.92 Å². The Morgan fingerprint density at radius 1 is 1.47 bits per heavy atom. The van der Waals surface area contributed by atoms with Crippen LogP contribution in [0.3, 0.4) is 0 Å². The van der Waals surface area contributed by atoms with Gasteiger partial charge in [0.2, 0.25) is 0 Å². The Balaban J connectivity index is 2.85. The molecule has 1 aromatic rings. The van der Waals surface area contributed by atoms with Crippen molar-refractivity contribution in [3.63, 3.8) is 0 Å². The van der Waals surface area contributed by atoms with Gasteiger partial charge in [-0.3, -0.25) is 10.1 Å². The summed E-state index contributed by atoms with van der Waals surface area (Å²) in [5.41, 5.74) is 0.927. The van der Waals surface area contributed by atoms with E-state index in [9.17, 15) is 10.1 Å². The van der Waals surface area contributed by atoms with Crippen molar-refractivity contribution >= 4 is 5.69 Å². The number of ether oxygens (including phenoxy) is 2. The number of hydrogen-bond acceptors (Lipinski definition) is 5.